The third-order valence-electron chi connectivity index (χ3n) is 3.36. The van der Waals surface area contributed by atoms with Crippen LogP contribution in [0.5, 0.6) is 5.75 Å². The normalized spacial score (nSPS) is 12.2. The van der Waals surface area contributed by atoms with Gasteiger partial charge in [0.05, 0.1) is 19.3 Å². The van der Waals surface area contributed by atoms with Crippen LogP contribution in [0.15, 0.2) is 30.6 Å². The van der Waals surface area contributed by atoms with Crippen molar-refractivity contribution in [2.45, 2.75) is 19.9 Å². The summed E-state index contributed by atoms with van der Waals surface area (Å²) in [6, 6.07) is 3.79. The minimum Gasteiger partial charge on any atom is -0.495 e. The zero-order chi connectivity index (χ0) is 15.4. The van der Waals surface area contributed by atoms with Gasteiger partial charge in [0.15, 0.2) is 0 Å². The molecular formula is C16H18F2N2O. The molecule has 3 nitrogen and oxygen atoms in total. The molecule has 2 aromatic rings. The molecule has 1 heterocycles. The van der Waals surface area contributed by atoms with E-state index in [-0.39, 0.29) is 5.56 Å². The summed E-state index contributed by atoms with van der Waals surface area (Å²) in [5, 5.41) is 3.11. The van der Waals surface area contributed by atoms with Gasteiger partial charge in [-0.15, -0.1) is 0 Å². The summed E-state index contributed by atoms with van der Waals surface area (Å²) in [6.45, 7) is 4.06. The van der Waals surface area contributed by atoms with Crippen LogP contribution in [0, 0.1) is 18.6 Å². The van der Waals surface area contributed by atoms with Crippen molar-refractivity contribution in [1.82, 2.24) is 10.3 Å². The number of halogens is 2. The van der Waals surface area contributed by atoms with Crippen LogP contribution in [0.4, 0.5) is 8.78 Å². The third-order valence-corrected chi connectivity index (χ3v) is 3.36. The molecule has 0 spiro atoms. The predicted octanol–water partition coefficient (Wildman–Crippen LogP) is 3.38. The molecule has 1 N–H and O–H groups in total. The Morgan fingerprint density at radius 1 is 1.29 bits per heavy atom. The van der Waals surface area contributed by atoms with Crippen LogP contribution in [0.2, 0.25) is 0 Å². The second-order valence-corrected chi connectivity index (χ2v) is 4.70. The number of benzene rings is 1. The Balaban J connectivity index is 2.62. The van der Waals surface area contributed by atoms with Gasteiger partial charge in [-0.3, -0.25) is 4.98 Å². The lowest BCUT2D eigenvalue weighted by molar-refractivity contribution is 0.399. The number of nitrogens with one attached hydrogen (secondary N) is 1. The molecule has 0 fully saturated rings. The number of hydrogen-bond donors (Lipinski definition) is 1. The van der Waals surface area contributed by atoms with Gasteiger partial charge in [-0.05, 0) is 31.2 Å². The van der Waals surface area contributed by atoms with E-state index < -0.39 is 17.7 Å². The highest BCUT2D eigenvalue weighted by Gasteiger charge is 2.25. The summed E-state index contributed by atoms with van der Waals surface area (Å²) in [7, 11) is 1.51. The average Bonchev–Trinajstić information content (AvgIpc) is 2.50. The highest BCUT2D eigenvalue weighted by Crippen LogP contribution is 2.33. The fourth-order valence-corrected chi connectivity index (χ4v) is 2.31. The van der Waals surface area contributed by atoms with Crippen molar-refractivity contribution in [2.24, 2.45) is 0 Å². The summed E-state index contributed by atoms with van der Waals surface area (Å²) in [5.41, 5.74) is 1.06. The quantitative estimate of drug-likeness (QED) is 0.917. The molecule has 112 valence electrons. The molecule has 0 saturated heterocycles. The van der Waals surface area contributed by atoms with Crippen LogP contribution in [0.3, 0.4) is 0 Å². The van der Waals surface area contributed by atoms with Crippen molar-refractivity contribution in [1.29, 1.82) is 0 Å². The number of hydrogen-bond acceptors (Lipinski definition) is 3. The molecular weight excluding hydrogens is 274 g/mol. The first-order valence-electron chi connectivity index (χ1n) is 6.75. The van der Waals surface area contributed by atoms with Crippen molar-refractivity contribution < 1.29 is 13.5 Å². The van der Waals surface area contributed by atoms with Crippen LogP contribution in [-0.2, 0) is 0 Å². The average molecular weight is 292 g/mol. The van der Waals surface area contributed by atoms with Crippen molar-refractivity contribution in [3.8, 4) is 5.75 Å². The molecule has 21 heavy (non-hydrogen) atoms. The molecule has 1 unspecified atom stereocenters. The second-order valence-electron chi connectivity index (χ2n) is 4.70. The molecule has 1 aromatic carbocycles. The number of pyridine rings is 1. The third kappa shape index (κ3) is 3.03. The zero-order valence-corrected chi connectivity index (χ0v) is 12.3. The molecule has 0 aliphatic carbocycles. The van der Waals surface area contributed by atoms with Crippen LogP contribution < -0.4 is 10.1 Å². The van der Waals surface area contributed by atoms with E-state index in [2.05, 4.69) is 10.3 Å². The van der Waals surface area contributed by atoms with Gasteiger partial charge in [0.2, 0.25) is 0 Å². The largest absolute Gasteiger partial charge is 0.495 e. The number of ether oxygens (including phenoxy) is 1. The Kier molecular flexibility index (Phi) is 4.85. The number of rotatable bonds is 5. The summed E-state index contributed by atoms with van der Waals surface area (Å²) in [6.07, 6.45) is 3.11. The van der Waals surface area contributed by atoms with E-state index in [0.717, 1.165) is 0 Å². The van der Waals surface area contributed by atoms with Crippen molar-refractivity contribution >= 4 is 0 Å². The molecule has 0 aliphatic rings. The lowest BCUT2D eigenvalue weighted by atomic mass is 9.96. The molecule has 5 heteroatoms. The highest BCUT2D eigenvalue weighted by atomic mass is 19.1. The minimum atomic E-state index is -0.632. The maximum Gasteiger partial charge on any atom is 0.142 e. The summed E-state index contributed by atoms with van der Waals surface area (Å²) in [4.78, 5) is 3.97. The molecule has 1 atom stereocenters. The Labute approximate surface area is 123 Å². The Morgan fingerprint density at radius 2 is 2.05 bits per heavy atom. The van der Waals surface area contributed by atoms with Gasteiger partial charge in [0.25, 0.3) is 0 Å². The highest BCUT2D eigenvalue weighted by molar-refractivity contribution is 5.42. The molecule has 0 saturated carbocycles. The molecule has 0 aliphatic heterocycles. The van der Waals surface area contributed by atoms with Gasteiger partial charge in [-0.1, -0.05) is 13.0 Å². The first-order chi connectivity index (χ1) is 10.1. The summed E-state index contributed by atoms with van der Waals surface area (Å²) >= 11 is 0. The molecule has 2 rings (SSSR count). The molecule has 0 amide bonds. The smallest absolute Gasteiger partial charge is 0.142 e. The first kappa shape index (κ1) is 15.4. The second kappa shape index (κ2) is 6.63. The first-order valence-corrected chi connectivity index (χ1v) is 6.75. The van der Waals surface area contributed by atoms with Crippen molar-refractivity contribution in [3.05, 3.63) is 58.9 Å². The lowest BCUT2D eigenvalue weighted by Gasteiger charge is -2.22. The van der Waals surface area contributed by atoms with E-state index in [0.29, 0.717) is 23.4 Å². The van der Waals surface area contributed by atoms with E-state index in [4.69, 9.17) is 4.74 Å². The Bertz CT molecular complexity index is 632. The SMILES string of the molecule is CCNC(c1ccncc1OC)c1c(F)ccc(C)c1F. The van der Waals surface area contributed by atoms with E-state index in [1.807, 2.05) is 6.92 Å². The van der Waals surface area contributed by atoms with E-state index >= 15 is 0 Å². The van der Waals surface area contributed by atoms with Gasteiger partial charge in [0, 0.05) is 17.3 Å². The monoisotopic (exact) mass is 292 g/mol. The Morgan fingerprint density at radius 3 is 2.71 bits per heavy atom. The fraction of sp³-hybridized carbons (Fsp3) is 0.312. The van der Waals surface area contributed by atoms with Crippen molar-refractivity contribution in [3.63, 3.8) is 0 Å². The maximum atomic E-state index is 14.4. The van der Waals surface area contributed by atoms with E-state index in [1.54, 1.807) is 19.2 Å². The lowest BCUT2D eigenvalue weighted by Crippen LogP contribution is -2.25. The molecule has 0 bridgehead atoms. The number of nitrogens with zero attached hydrogens (tertiary/aromatic N) is 1. The van der Waals surface area contributed by atoms with Gasteiger partial charge >= 0.3 is 0 Å². The van der Waals surface area contributed by atoms with Gasteiger partial charge in [-0.25, -0.2) is 8.78 Å². The predicted molar refractivity (Wildman–Crippen MR) is 77.4 cm³/mol. The molecule has 1 aromatic heterocycles. The summed E-state index contributed by atoms with van der Waals surface area (Å²) < 4.78 is 33.9. The van der Waals surface area contributed by atoms with Gasteiger partial charge < -0.3 is 10.1 Å². The van der Waals surface area contributed by atoms with Crippen LogP contribution >= 0.6 is 0 Å². The van der Waals surface area contributed by atoms with Gasteiger partial charge in [-0.2, -0.15) is 0 Å². The van der Waals surface area contributed by atoms with Gasteiger partial charge in [0.1, 0.15) is 17.4 Å². The Hall–Kier alpha value is -2.01. The fourth-order valence-electron chi connectivity index (χ4n) is 2.31. The number of aryl methyl sites for hydroxylation is 1. The van der Waals surface area contributed by atoms with Crippen LogP contribution in [-0.4, -0.2) is 18.6 Å². The standard InChI is InChI=1S/C16H18F2N2O/c1-4-20-16(11-7-8-19-9-13(11)21-3)14-12(17)6-5-10(2)15(14)18/h5-9,16,20H,4H2,1-3H3. The zero-order valence-electron chi connectivity index (χ0n) is 12.3. The van der Waals surface area contributed by atoms with Crippen LogP contribution in [0.1, 0.15) is 29.7 Å². The van der Waals surface area contributed by atoms with Crippen LogP contribution in [0.25, 0.3) is 0 Å². The van der Waals surface area contributed by atoms with E-state index in [9.17, 15) is 8.78 Å². The minimum absolute atomic E-state index is 0.00125. The summed E-state index contributed by atoms with van der Waals surface area (Å²) in [5.74, 6) is -0.633. The maximum absolute atomic E-state index is 14.4. The van der Waals surface area contributed by atoms with Crippen molar-refractivity contribution in [2.75, 3.05) is 13.7 Å². The number of methoxy groups -OCH3 is 1. The molecule has 0 radical (unpaired) electrons. The van der Waals surface area contributed by atoms with E-state index in [1.165, 1.54) is 25.4 Å². The number of aromatic nitrogens is 1. The topological polar surface area (TPSA) is 34.2 Å².